The third kappa shape index (κ3) is 5.00. The van der Waals surface area contributed by atoms with Crippen molar-refractivity contribution in [1.29, 1.82) is 0 Å². The number of hydrogen-bond acceptors (Lipinski definition) is 4. The lowest BCUT2D eigenvalue weighted by molar-refractivity contribution is 0.325. The minimum absolute atomic E-state index is 0.880. The maximum atomic E-state index is 4.94. The van der Waals surface area contributed by atoms with Gasteiger partial charge in [-0.1, -0.05) is 61.0 Å². The fourth-order valence-corrected chi connectivity index (χ4v) is 4.18. The molecule has 4 aromatic rings. The van der Waals surface area contributed by atoms with Gasteiger partial charge < -0.3 is 10.2 Å². The maximum absolute atomic E-state index is 4.94. The molecule has 5 heteroatoms. The van der Waals surface area contributed by atoms with E-state index in [1.54, 1.807) is 0 Å². The predicted octanol–water partition coefficient (Wildman–Crippen LogP) is 5.51. The first-order valence-electron chi connectivity index (χ1n) is 11.5. The van der Waals surface area contributed by atoms with E-state index in [1.165, 1.54) is 22.3 Å². The highest BCUT2D eigenvalue weighted by atomic mass is 15.3. The summed E-state index contributed by atoms with van der Waals surface area (Å²) in [6.07, 6.45) is 3.92. The van der Waals surface area contributed by atoms with Crippen molar-refractivity contribution in [2.75, 3.05) is 25.5 Å². The zero-order chi connectivity index (χ0) is 22.5. The second-order valence-corrected chi connectivity index (χ2v) is 8.61. The molecule has 32 heavy (non-hydrogen) atoms. The SMILES string of the molecule is CCc1ccccc1-c1cc(NCCCN(C)Cc2cccc(C)c2)n2ncc(C)c2n1. The molecule has 0 bridgehead atoms. The van der Waals surface area contributed by atoms with Gasteiger partial charge in [0.15, 0.2) is 5.65 Å². The van der Waals surface area contributed by atoms with Gasteiger partial charge in [-0.2, -0.15) is 9.61 Å². The predicted molar refractivity (Wildman–Crippen MR) is 133 cm³/mol. The summed E-state index contributed by atoms with van der Waals surface area (Å²) >= 11 is 0. The number of aromatic nitrogens is 3. The Bertz CT molecular complexity index is 1190. The molecule has 4 rings (SSSR count). The van der Waals surface area contributed by atoms with Crippen molar-refractivity contribution in [3.8, 4) is 11.3 Å². The molecule has 1 N–H and O–H groups in total. The topological polar surface area (TPSA) is 45.5 Å². The Morgan fingerprint density at radius 3 is 2.69 bits per heavy atom. The highest BCUT2D eigenvalue weighted by Crippen LogP contribution is 2.26. The third-order valence-electron chi connectivity index (χ3n) is 5.88. The van der Waals surface area contributed by atoms with Gasteiger partial charge in [-0.15, -0.1) is 0 Å². The first-order chi connectivity index (χ1) is 15.5. The molecule has 0 radical (unpaired) electrons. The largest absolute Gasteiger partial charge is 0.370 e. The molecule has 2 aromatic carbocycles. The summed E-state index contributed by atoms with van der Waals surface area (Å²) in [4.78, 5) is 7.31. The fraction of sp³-hybridized carbons (Fsp3) is 0.333. The van der Waals surface area contributed by atoms with Crippen LogP contribution in [0.3, 0.4) is 0 Å². The first-order valence-corrected chi connectivity index (χ1v) is 11.5. The van der Waals surface area contributed by atoms with Gasteiger partial charge in [0, 0.05) is 30.3 Å². The van der Waals surface area contributed by atoms with Gasteiger partial charge in [0.25, 0.3) is 0 Å². The number of rotatable bonds is 9. The van der Waals surface area contributed by atoms with E-state index < -0.39 is 0 Å². The van der Waals surface area contributed by atoms with Crippen LogP contribution >= 0.6 is 0 Å². The molecule has 2 aromatic heterocycles. The lowest BCUT2D eigenvalue weighted by Gasteiger charge is -2.18. The van der Waals surface area contributed by atoms with Crippen LogP contribution in [0.5, 0.6) is 0 Å². The standard InChI is InChI=1S/C27H33N5/c1-5-23-12-6-7-13-24(23)25-17-26(32-27(30-25)21(3)18-29-32)28-14-9-15-31(4)19-22-11-8-10-20(2)16-22/h6-8,10-13,16-18,28H,5,9,14-15,19H2,1-4H3. The lowest BCUT2D eigenvalue weighted by Crippen LogP contribution is -2.21. The van der Waals surface area contributed by atoms with Gasteiger partial charge in [0.1, 0.15) is 5.82 Å². The molecule has 5 nitrogen and oxygen atoms in total. The van der Waals surface area contributed by atoms with Crippen molar-refractivity contribution in [1.82, 2.24) is 19.5 Å². The normalized spacial score (nSPS) is 11.4. The van der Waals surface area contributed by atoms with Crippen molar-refractivity contribution in [2.24, 2.45) is 0 Å². The highest BCUT2D eigenvalue weighted by Gasteiger charge is 2.12. The molecule has 0 amide bonds. The third-order valence-corrected chi connectivity index (χ3v) is 5.88. The molecular formula is C27H33N5. The molecule has 2 heterocycles. The van der Waals surface area contributed by atoms with Gasteiger partial charge >= 0.3 is 0 Å². The van der Waals surface area contributed by atoms with Crippen LogP contribution in [0, 0.1) is 13.8 Å². The summed E-state index contributed by atoms with van der Waals surface area (Å²) in [5.41, 5.74) is 8.17. The van der Waals surface area contributed by atoms with Crippen molar-refractivity contribution >= 4 is 11.5 Å². The van der Waals surface area contributed by atoms with Crippen molar-refractivity contribution < 1.29 is 0 Å². The number of nitrogens with one attached hydrogen (secondary N) is 1. The van der Waals surface area contributed by atoms with Gasteiger partial charge in [-0.3, -0.25) is 0 Å². The molecule has 0 aliphatic carbocycles. The minimum atomic E-state index is 0.880. The van der Waals surface area contributed by atoms with Gasteiger partial charge in [-0.25, -0.2) is 4.98 Å². The number of fused-ring (bicyclic) bond motifs is 1. The average molecular weight is 428 g/mol. The van der Waals surface area contributed by atoms with E-state index in [1.807, 2.05) is 10.7 Å². The van der Waals surface area contributed by atoms with Crippen LogP contribution in [0.2, 0.25) is 0 Å². The Kier molecular flexibility index (Phi) is 6.86. The number of nitrogens with zero attached hydrogens (tertiary/aromatic N) is 4. The van der Waals surface area contributed by atoms with Crippen molar-refractivity contribution in [2.45, 2.75) is 40.2 Å². The van der Waals surface area contributed by atoms with Crippen LogP contribution in [0.1, 0.15) is 35.6 Å². The molecule has 0 atom stereocenters. The molecule has 0 aliphatic rings. The van der Waals surface area contributed by atoms with Crippen LogP contribution in [-0.2, 0) is 13.0 Å². The average Bonchev–Trinajstić information content (AvgIpc) is 3.17. The van der Waals surface area contributed by atoms with Gasteiger partial charge in [0.2, 0.25) is 0 Å². The quantitative estimate of drug-likeness (QED) is 0.358. The van der Waals surface area contributed by atoms with E-state index in [0.717, 1.165) is 55.2 Å². The van der Waals surface area contributed by atoms with Crippen molar-refractivity contribution in [3.05, 3.63) is 83.0 Å². The fourth-order valence-electron chi connectivity index (χ4n) is 4.18. The summed E-state index contributed by atoms with van der Waals surface area (Å²) in [6.45, 7) is 9.27. The lowest BCUT2D eigenvalue weighted by atomic mass is 10.0. The second kappa shape index (κ2) is 9.96. The van der Waals surface area contributed by atoms with Crippen LogP contribution in [-0.4, -0.2) is 39.6 Å². The minimum Gasteiger partial charge on any atom is -0.370 e. The molecule has 166 valence electrons. The molecular weight excluding hydrogens is 394 g/mol. The molecule has 0 aliphatic heterocycles. The number of aryl methyl sites for hydroxylation is 3. The van der Waals surface area contributed by atoms with E-state index in [2.05, 4.69) is 97.7 Å². The second-order valence-electron chi connectivity index (χ2n) is 8.61. The molecule has 0 spiro atoms. The Balaban J connectivity index is 1.45. The van der Waals surface area contributed by atoms with E-state index in [0.29, 0.717) is 0 Å². The first kappa shape index (κ1) is 22.0. The monoisotopic (exact) mass is 427 g/mol. The molecule has 0 saturated carbocycles. The summed E-state index contributed by atoms with van der Waals surface area (Å²) in [5, 5.41) is 8.17. The molecule has 0 fully saturated rings. The number of benzene rings is 2. The van der Waals surface area contributed by atoms with E-state index in [9.17, 15) is 0 Å². The zero-order valence-corrected chi connectivity index (χ0v) is 19.6. The van der Waals surface area contributed by atoms with Crippen LogP contribution in [0.25, 0.3) is 16.9 Å². The van der Waals surface area contributed by atoms with Crippen LogP contribution in [0.15, 0.2) is 60.8 Å². The highest BCUT2D eigenvalue weighted by molar-refractivity contribution is 5.70. The Morgan fingerprint density at radius 2 is 1.88 bits per heavy atom. The van der Waals surface area contributed by atoms with E-state index >= 15 is 0 Å². The maximum Gasteiger partial charge on any atom is 0.160 e. The summed E-state index contributed by atoms with van der Waals surface area (Å²) in [5.74, 6) is 0.991. The Labute approximate surface area is 191 Å². The summed E-state index contributed by atoms with van der Waals surface area (Å²) in [6, 6.07) is 19.4. The van der Waals surface area contributed by atoms with Gasteiger partial charge in [0.05, 0.1) is 11.9 Å². The molecule has 0 saturated heterocycles. The Morgan fingerprint density at radius 1 is 1.03 bits per heavy atom. The number of anilines is 1. The van der Waals surface area contributed by atoms with E-state index in [-0.39, 0.29) is 0 Å². The van der Waals surface area contributed by atoms with E-state index in [4.69, 9.17) is 4.98 Å². The zero-order valence-electron chi connectivity index (χ0n) is 19.6. The van der Waals surface area contributed by atoms with Gasteiger partial charge in [-0.05, 0) is 51.4 Å². The smallest absolute Gasteiger partial charge is 0.160 e. The summed E-state index contributed by atoms with van der Waals surface area (Å²) < 4.78 is 1.92. The van der Waals surface area contributed by atoms with Crippen LogP contribution < -0.4 is 5.32 Å². The summed E-state index contributed by atoms with van der Waals surface area (Å²) in [7, 11) is 2.18. The number of hydrogen-bond donors (Lipinski definition) is 1. The van der Waals surface area contributed by atoms with Crippen LogP contribution in [0.4, 0.5) is 5.82 Å². The van der Waals surface area contributed by atoms with Crippen molar-refractivity contribution in [3.63, 3.8) is 0 Å². The Hall–Kier alpha value is -3.18. The molecule has 0 unspecified atom stereocenters.